The van der Waals surface area contributed by atoms with Gasteiger partial charge in [-0.05, 0) is 61.3 Å². The molecule has 0 aliphatic carbocycles. The smallest absolute Gasteiger partial charge is 0.166 e. The number of likely N-dealkylation sites (tertiary alicyclic amines) is 1. The van der Waals surface area contributed by atoms with Crippen molar-refractivity contribution >= 4 is 13.9 Å². The molecule has 0 bridgehead atoms. The fourth-order valence-electron chi connectivity index (χ4n) is 5.35. The van der Waals surface area contributed by atoms with E-state index in [4.69, 9.17) is 14.2 Å². The third-order valence-electron chi connectivity index (χ3n) is 7.67. The van der Waals surface area contributed by atoms with Crippen LogP contribution in [0.15, 0.2) is 66.7 Å². The monoisotopic (exact) mass is 519 g/mol. The zero-order valence-electron chi connectivity index (χ0n) is 22.9. The maximum Gasteiger partial charge on any atom is 0.166 e. The van der Waals surface area contributed by atoms with Crippen LogP contribution in [0.3, 0.4) is 0 Å². The van der Waals surface area contributed by atoms with Gasteiger partial charge < -0.3 is 14.2 Å². The van der Waals surface area contributed by atoms with Gasteiger partial charge in [-0.1, -0.05) is 83.4 Å². The Morgan fingerprint density at radius 1 is 0.838 bits per heavy atom. The topological polar surface area (TPSA) is 30.9 Å². The average molecular weight is 520 g/mol. The highest BCUT2D eigenvalue weighted by atomic mass is 31.1. The molecule has 4 rings (SSSR count). The van der Waals surface area contributed by atoms with Gasteiger partial charge in [-0.15, -0.1) is 0 Å². The van der Waals surface area contributed by atoms with E-state index < -0.39 is 0 Å². The molecule has 0 radical (unpaired) electrons. The molecule has 1 heterocycles. The molecule has 37 heavy (non-hydrogen) atoms. The van der Waals surface area contributed by atoms with Crippen LogP contribution in [0.1, 0.15) is 62.6 Å². The number of nitrogens with zero attached hydrogens (tertiary/aromatic N) is 1. The fourth-order valence-corrected chi connectivity index (χ4v) is 7.04. The maximum absolute atomic E-state index is 6.56. The van der Waals surface area contributed by atoms with Crippen LogP contribution in [0.5, 0.6) is 17.2 Å². The molecular formula is C32H42NO3P. The van der Waals surface area contributed by atoms with Crippen LogP contribution in [-0.2, 0) is 18.3 Å². The first kappa shape index (κ1) is 27.5. The van der Waals surface area contributed by atoms with Crippen molar-refractivity contribution in [3.63, 3.8) is 0 Å². The van der Waals surface area contributed by atoms with E-state index in [0.717, 1.165) is 42.2 Å². The van der Waals surface area contributed by atoms with E-state index in [9.17, 15) is 0 Å². The van der Waals surface area contributed by atoms with Crippen molar-refractivity contribution < 1.29 is 14.2 Å². The predicted molar refractivity (Wildman–Crippen MR) is 156 cm³/mol. The lowest BCUT2D eigenvalue weighted by Crippen LogP contribution is -2.31. The maximum atomic E-state index is 6.56. The summed E-state index contributed by atoms with van der Waals surface area (Å²) in [6, 6.07) is 23.5. The highest BCUT2D eigenvalue weighted by Crippen LogP contribution is 2.53. The third-order valence-corrected chi connectivity index (χ3v) is 9.88. The lowest BCUT2D eigenvalue weighted by Gasteiger charge is -2.36. The van der Waals surface area contributed by atoms with Crippen LogP contribution < -0.4 is 19.5 Å². The molecule has 0 N–H and O–H groups in total. The predicted octanol–water partition coefficient (Wildman–Crippen LogP) is 7.29. The van der Waals surface area contributed by atoms with Crippen LogP contribution in [-0.4, -0.2) is 32.2 Å². The quantitative estimate of drug-likeness (QED) is 0.235. The molecule has 1 fully saturated rings. The molecule has 1 saturated heterocycles. The molecule has 0 spiro atoms. The molecular weight excluding hydrogens is 477 g/mol. The van der Waals surface area contributed by atoms with Crippen LogP contribution in [0.25, 0.3) is 0 Å². The fraction of sp³-hybridized carbons (Fsp3) is 0.438. The molecule has 5 heteroatoms. The van der Waals surface area contributed by atoms with E-state index >= 15 is 0 Å². The second-order valence-corrected chi connectivity index (χ2v) is 11.6. The summed E-state index contributed by atoms with van der Waals surface area (Å²) in [4.78, 5) is 2.62. The van der Waals surface area contributed by atoms with Crippen LogP contribution in [0.2, 0.25) is 0 Å². The van der Waals surface area contributed by atoms with Gasteiger partial charge in [0, 0.05) is 23.3 Å². The summed E-state index contributed by atoms with van der Waals surface area (Å²) < 4.78 is 18.2. The highest BCUT2D eigenvalue weighted by molar-refractivity contribution is 7.48. The van der Waals surface area contributed by atoms with Gasteiger partial charge in [0.2, 0.25) is 0 Å². The second kappa shape index (κ2) is 13.3. The Morgan fingerprint density at radius 2 is 1.54 bits per heavy atom. The summed E-state index contributed by atoms with van der Waals surface area (Å²) in [7, 11) is 4.04. The van der Waals surface area contributed by atoms with Crippen molar-refractivity contribution in [1.29, 1.82) is 0 Å². The Balaban J connectivity index is 1.73. The minimum atomic E-state index is -0.0914. The largest absolute Gasteiger partial charge is 0.497 e. The Morgan fingerprint density at radius 3 is 2.22 bits per heavy atom. The molecule has 0 aromatic heterocycles. The number of rotatable bonds is 12. The normalized spacial score (nSPS) is 14.7. The van der Waals surface area contributed by atoms with Gasteiger partial charge >= 0.3 is 0 Å². The highest BCUT2D eigenvalue weighted by Gasteiger charge is 2.35. The molecule has 0 amide bonds. The minimum absolute atomic E-state index is 0.0914. The van der Waals surface area contributed by atoms with Gasteiger partial charge in [-0.25, -0.2) is 0 Å². The van der Waals surface area contributed by atoms with Crippen molar-refractivity contribution in [3.05, 3.63) is 83.4 Å². The van der Waals surface area contributed by atoms with Crippen molar-refractivity contribution in [3.8, 4) is 17.2 Å². The standard InChI is InChI=1S/C32H42NO3P/c1-5-32(6-2,37-30-18-12-11-17-26(30)23-33-19-13-8-14-20-33)28-21-27(34-3)22-29(35-4)31(28)36-24-25-15-9-7-10-16-25/h7,9-12,15-18,21-22,37H,5-6,8,13-14,19-20,23-24H2,1-4H3. The van der Waals surface area contributed by atoms with Gasteiger partial charge in [-0.3, -0.25) is 4.90 Å². The molecule has 4 nitrogen and oxygen atoms in total. The van der Waals surface area contributed by atoms with Gasteiger partial charge in [0.15, 0.2) is 11.5 Å². The number of ether oxygens (including phenoxy) is 3. The Hall–Kier alpha value is -2.55. The summed E-state index contributed by atoms with van der Waals surface area (Å²) in [6.07, 6.45) is 5.97. The Bertz CT molecular complexity index is 1120. The Kier molecular flexibility index (Phi) is 9.88. The summed E-state index contributed by atoms with van der Waals surface area (Å²) in [5.74, 6) is 2.36. The van der Waals surface area contributed by atoms with E-state index in [1.807, 2.05) is 24.3 Å². The van der Waals surface area contributed by atoms with Crippen molar-refractivity contribution in [2.75, 3.05) is 27.3 Å². The van der Waals surface area contributed by atoms with E-state index in [1.54, 1.807) is 14.2 Å². The van der Waals surface area contributed by atoms with E-state index in [-0.39, 0.29) is 5.16 Å². The van der Waals surface area contributed by atoms with Crippen LogP contribution in [0, 0.1) is 0 Å². The zero-order chi connectivity index (χ0) is 26.1. The summed E-state index contributed by atoms with van der Waals surface area (Å²) in [5.41, 5.74) is 3.77. The zero-order valence-corrected chi connectivity index (χ0v) is 23.9. The first-order valence-corrected chi connectivity index (χ1v) is 14.6. The lowest BCUT2D eigenvalue weighted by molar-refractivity contribution is 0.221. The van der Waals surface area contributed by atoms with Crippen molar-refractivity contribution in [2.24, 2.45) is 0 Å². The Labute approximate surface area is 225 Å². The molecule has 0 saturated carbocycles. The van der Waals surface area contributed by atoms with Crippen LogP contribution >= 0.6 is 8.58 Å². The van der Waals surface area contributed by atoms with Gasteiger partial charge in [0.05, 0.1) is 14.2 Å². The number of hydrogen-bond donors (Lipinski definition) is 0. The summed E-state index contributed by atoms with van der Waals surface area (Å²) in [6.45, 7) is 8.54. The van der Waals surface area contributed by atoms with Crippen molar-refractivity contribution in [1.82, 2.24) is 4.90 Å². The van der Waals surface area contributed by atoms with Gasteiger partial charge in [-0.2, -0.15) is 0 Å². The molecule has 198 valence electrons. The number of benzene rings is 3. The molecule has 1 atom stereocenters. The van der Waals surface area contributed by atoms with E-state index in [0.29, 0.717) is 15.2 Å². The number of methoxy groups -OCH3 is 2. The first-order chi connectivity index (χ1) is 18.1. The SMILES string of the molecule is CCC(CC)(Pc1ccccc1CN1CCCCC1)c1cc(OC)cc(OC)c1OCc1ccccc1. The van der Waals surface area contributed by atoms with E-state index in [1.165, 1.54) is 48.8 Å². The average Bonchev–Trinajstić information content (AvgIpc) is 2.96. The molecule has 1 aliphatic heterocycles. The second-order valence-electron chi connectivity index (χ2n) is 9.89. The molecule has 1 aliphatic rings. The molecule has 3 aromatic carbocycles. The molecule has 3 aromatic rings. The number of piperidine rings is 1. The van der Waals surface area contributed by atoms with Crippen molar-refractivity contribution in [2.45, 2.75) is 64.3 Å². The summed E-state index contributed by atoms with van der Waals surface area (Å²) >= 11 is 0. The summed E-state index contributed by atoms with van der Waals surface area (Å²) in [5, 5.41) is 1.36. The van der Waals surface area contributed by atoms with Gasteiger partial charge in [0.25, 0.3) is 0 Å². The third kappa shape index (κ3) is 6.67. The first-order valence-electron chi connectivity index (χ1n) is 13.6. The van der Waals surface area contributed by atoms with Crippen LogP contribution in [0.4, 0.5) is 0 Å². The minimum Gasteiger partial charge on any atom is -0.497 e. The van der Waals surface area contributed by atoms with Gasteiger partial charge in [0.1, 0.15) is 12.4 Å². The van der Waals surface area contributed by atoms with E-state index in [2.05, 4.69) is 61.2 Å². The number of hydrogen-bond acceptors (Lipinski definition) is 4. The lowest BCUT2D eigenvalue weighted by atomic mass is 9.91. The molecule has 1 unspecified atom stereocenters.